The maximum Gasteiger partial charge on any atom is 0.191 e. The number of nitrogens with two attached hydrogens (primary N) is 1. The van der Waals surface area contributed by atoms with Gasteiger partial charge in [-0.1, -0.05) is 15.9 Å². The van der Waals surface area contributed by atoms with Crippen molar-refractivity contribution >= 4 is 33.7 Å². The summed E-state index contributed by atoms with van der Waals surface area (Å²) < 4.78 is 14.0. The van der Waals surface area contributed by atoms with Gasteiger partial charge in [-0.2, -0.15) is 11.8 Å². The average molecular weight is 332 g/mol. The second-order valence-electron chi connectivity index (χ2n) is 4.01. The molecule has 2 rings (SSSR count). The minimum Gasteiger partial charge on any atom is -0.370 e. The number of hydrogen-bond donors (Lipinski definition) is 1. The second-order valence-corrected chi connectivity index (χ2v) is 6.09. The van der Waals surface area contributed by atoms with Gasteiger partial charge >= 0.3 is 0 Å². The van der Waals surface area contributed by atoms with Gasteiger partial charge in [-0.15, -0.1) is 0 Å². The van der Waals surface area contributed by atoms with E-state index in [1.54, 1.807) is 6.07 Å². The molecule has 0 aromatic heterocycles. The van der Waals surface area contributed by atoms with E-state index in [0.29, 0.717) is 12.5 Å². The van der Waals surface area contributed by atoms with Gasteiger partial charge in [-0.3, -0.25) is 0 Å². The first kappa shape index (κ1) is 13.7. The standard InChI is InChI=1S/C12H15BrFN3S/c13-11-2-1-10(14)7-9(11)8-16-12(15)17-3-5-18-6-4-17/h1-2,7H,3-6,8H2,(H2,15,16). The Balaban J connectivity index is 2.02. The number of aliphatic imine (C=N–C) groups is 1. The second kappa shape index (κ2) is 6.43. The van der Waals surface area contributed by atoms with E-state index >= 15 is 0 Å². The Bertz CT molecular complexity index is 447. The molecule has 1 fully saturated rings. The summed E-state index contributed by atoms with van der Waals surface area (Å²) in [6.07, 6.45) is 0. The van der Waals surface area contributed by atoms with Crippen LogP contribution in [0.5, 0.6) is 0 Å². The first-order chi connectivity index (χ1) is 8.66. The summed E-state index contributed by atoms with van der Waals surface area (Å²) in [6.45, 7) is 2.27. The van der Waals surface area contributed by atoms with Crippen LogP contribution in [0.15, 0.2) is 27.7 Å². The van der Waals surface area contributed by atoms with E-state index in [4.69, 9.17) is 5.73 Å². The van der Waals surface area contributed by atoms with Crippen LogP contribution in [0.1, 0.15) is 5.56 Å². The number of hydrogen-bond acceptors (Lipinski definition) is 2. The lowest BCUT2D eigenvalue weighted by atomic mass is 10.2. The number of benzene rings is 1. The summed E-state index contributed by atoms with van der Waals surface area (Å²) >= 11 is 5.31. The molecular weight excluding hydrogens is 317 g/mol. The SMILES string of the molecule is NC(=NCc1cc(F)ccc1Br)N1CCSCC1. The van der Waals surface area contributed by atoms with Gasteiger partial charge in [0.2, 0.25) is 0 Å². The fraction of sp³-hybridized carbons (Fsp3) is 0.417. The maximum absolute atomic E-state index is 13.1. The van der Waals surface area contributed by atoms with Gasteiger partial charge in [-0.05, 0) is 23.8 Å². The molecule has 1 aromatic rings. The molecule has 0 aliphatic carbocycles. The monoisotopic (exact) mass is 331 g/mol. The lowest BCUT2D eigenvalue weighted by Gasteiger charge is -2.27. The van der Waals surface area contributed by atoms with Gasteiger partial charge in [0, 0.05) is 29.1 Å². The van der Waals surface area contributed by atoms with Crippen LogP contribution in [0.2, 0.25) is 0 Å². The highest BCUT2D eigenvalue weighted by Gasteiger charge is 2.12. The molecule has 0 unspecified atom stereocenters. The molecule has 18 heavy (non-hydrogen) atoms. The highest BCUT2D eigenvalue weighted by molar-refractivity contribution is 9.10. The predicted molar refractivity (Wildman–Crippen MR) is 78.3 cm³/mol. The highest BCUT2D eigenvalue weighted by atomic mass is 79.9. The Hall–Kier alpha value is -0.750. The summed E-state index contributed by atoms with van der Waals surface area (Å²) in [4.78, 5) is 6.41. The van der Waals surface area contributed by atoms with Crippen LogP contribution in [0, 0.1) is 5.82 Å². The Labute approximate surface area is 119 Å². The van der Waals surface area contributed by atoms with E-state index in [0.717, 1.165) is 34.6 Å². The van der Waals surface area contributed by atoms with E-state index in [1.165, 1.54) is 12.1 Å². The topological polar surface area (TPSA) is 41.6 Å². The van der Waals surface area contributed by atoms with E-state index in [2.05, 4.69) is 25.8 Å². The number of guanidine groups is 1. The average Bonchev–Trinajstić information content (AvgIpc) is 2.40. The molecule has 0 radical (unpaired) electrons. The van der Waals surface area contributed by atoms with Crippen molar-refractivity contribution in [2.45, 2.75) is 6.54 Å². The van der Waals surface area contributed by atoms with Crippen LogP contribution < -0.4 is 5.73 Å². The first-order valence-electron chi connectivity index (χ1n) is 5.73. The highest BCUT2D eigenvalue weighted by Crippen LogP contribution is 2.18. The fourth-order valence-electron chi connectivity index (χ4n) is 1.72. The van der Waals surface area contributed by atoms with Crippen molar-refractivity contribution < 1.29 is 4.39 Å². The molecule has 3 nitrogen and oxygen atoms in total. The number of thioether (sulfide) groups is 1. The van der Waals surface area contributed by atoms with Gasteiger partial charge in [0.25, 0.3) is 0 Å². The lowest BCUT2D eigenvalue weighted by Crippen LogP contribution is -2.42. The van der Waals surface area contributed by atoms with Crippen LogP contribution >= 0.6 is 27.7 Å². The third kappa shape index (κ3) is 3.62. The van der Waals surface area contributed by atoms with Gasteiger partial charge in [0.15, 0.2) is 5.96 Å². The lowest BCUT2D eigenvalue weighted by molar-refractivity contribution is 0.455. The predicted octanol–water partition coefficient (Wildman–Crippen LogP) is 2.45. The minimum atomic E-state index is -0.253. The molecule has 0 spiro atoms. The molecule has 6 heteroatoms. The third-order valence-electron chi connectivity index (χ3n) is 2.75. The Morgan fingerprint density at radius 3 is 2.89 bits per heavy atom. The molecular formula is C12H15BrFN3S. The molecule has 2 N–H and O–H groups in total. The van der Waals surface area contributed by atoms with Crippen LogP contribution in [-0.4, -0.2) is 35.5 Å². The molecule has 1 aliphatic heterocycles. The molecule has 0 amide bonds. The molecule has 0 bridgehead atoms. The summed E-state index contributed by atoms with van der Waals surface area (Å²) in [7, 11) is 0. The summed E-state index contributed by atoms with van der Waals surface area (Å²) in [5.41, 5.74) is 6.75. The summed E-state index contributed by atoms with van der Waals surface area (Å²) in [5, 5.41) is 0. The number of halogens is 2. The quantitative estimate of drug-likeness (QED) is 0.668. The van der Waals surface area contributed by atoms with E-state index in [-0.39, 0.29) is 5.82 Å². The molecule has 0 atom stereocenters. The minimum absolute atomic E-state index is 0.253. The molecule has 0 saturated carbocycles. The van der Waals surface area contributed by atoms with Crippen molar-refractivity contribution in [1.29, 1.82) is 0 Å². The zero-order valence-corrected chi connectivity index (χ0v) is 12.3. The van der Waals surface area contributed by atoms with Crippen molar-refractivity contribution in [1.82, 2.24) is 4.90 Å². The van der Waals surface area contributed by atoms with Gasteiger partial charge in [-0.25, -0.2) is 9.38 Å². The fourth-order valence-corrected chi connectivity index (χ4v) is 3.00. The smallest absolute Gasteiger partial charge is 0.191 e. The van der Waals surface area contributed by atoms with Crippen molar-refractivity contribution in [2.24, 2.45) is 10.7 Å². The normalized spacial score (nSPS) is 17.0. The van der Waals surface area contributed by atoms with E-state index in [1.807, 2.05) is 11.8 Å². The maximum atomic E-state index is 13.1. The van der Waals surface area contributed by atoms with Crippen LogP contribution in [-0.2, 0) is 6.54 Å². The van der Waals surface area contributed by atoms with Gasteiger partial charge in [0.1, 0.15) is 5.82 Å². The molecule has 98 valence electrons. The van der Waals surface area contributed by atoms with Crippen LogP contribution in [0.25, 0.3) is 0 Å². The van der Waals surface area contributed by atoms with E-state index in [9.17, 15) is 4.39 Å². The Morgan fingerprint density at radius 1 is 1.44 bits per heavy atom. The first-order valence-corrected chi connectivity index (χ1v) is 7.68. The van der Waals surface area contributed by atoms with Crippen molar-refractivity contribution in [3.63, 3.8) is 0 Å². The number of nitrogens with zero attached hydrogens (tertiary/aromatic N) is 2. The summed E-state index contributed by atoms with van der Waals surface area (Å²) in [5.74, 6) is 2.46. The molecule has 1 heterocycles. The summed E-state index contributed by atoms with van der Waals surface area (Å²) in [6, 6.07) is 4.59. The molecule has 1 saturated heterocycles. The molecule has 1 aromatic carbocycles. The van der Waals surface area contributed by atoms with Crippen molar-refractivity contribution in [2.75, 3.05) is 24.6 Å². The zero-order chi connectivity index (χ0) is 13.0. The largest absolute Gasteiger partial charge is 0.370 e. The zero-order valence-electron chi connectivity index (χ0n) is 9.90. The third-order valence-corrected chi connectivity index (χ3v) is 4.47. The van der Waals surface area contributed by atoms with E-state index < -0.39 is 0 Å². The number of rotatable bonds is 2. The Morgan fingerprint density at radius 2 is 2.17 bits per heavy atom. The van der Waals surface area contributed by atoms with Gasteiger partial charge in [0.05, 0.1) is 6.54 Å². The molecule has 1 aliphatic rings. The van der Waals surface area contributed by atoms with Crippen molar-refractivity contribution in [3.8, 4) is 0 Å². The van der Waals surface area contributed by atoms with Crippen LogP contribution in [0.3, 0.4) is 0 Å². The van der Waals surface area contributed by atoms with Gasteiger partial charge < -0.3 is 10.6 Å². The Kier molecular flexibility index (Phi) is 4.88. The van der Waals surface area contributed by atoms with Crippen LogP contribution in [0.4, 0.5) is 4.39 Å². The van der Waals surface area contributed by atoms with Crippen molar-refractivity contribution in [3.05, 3.63) is 34.1 Å².